The van der Waals surface area contributed by atoms with Gasteiger partial charge in [-0.3, -0.25) is 14.4 Å². The minimum atomic E-state index is -1.16. The van der Waals surface area contributed by atoms with Crippen molar-refractivity contribution < 1.29 is 29.0 Å². The summed E-state index contributed by atoms with van der Waals surface area (Å²) in [5, 5.41) is 16.0. The van der Waals surface area contributed by atoms with Crippen LogP contribution < -0.4 is 16.0 Å². The van der Waals surface area contributed by atoms with Gasteiger partial charge >= 0.3 is 12.1 Å². The second kappa shape index (κ2) is 11.3. The summed E-state index contributed by atoms with van der Waals surface area (Å²) >= 11 is 0. The van der Waals surface area contributed by atoms with E-state index in [1.54, 1.807) is 27.7 Å². The van der Waals surface area contributed by atoms with Gasteiger partial charge in [-0.1, -0.05) is 6.92 Å². The van der Waals surface area contributed by atoms with Crippen LogP contribution in [0.4, 0.5) is 4.79 Å². The van der Waals surface area contributed by atoms with Crippen molar-refractivity contribution in [3.8, 4) is 0 Å². The molecular formula is C16H29N3O6. The van der Waals surface area contributed by atoms with Crippen LogP contribution in [0.15, 0.2) is 0 Å². The van der Waals surface area contributed by atoms with Crippen LogP contribution in [0.1, 0.15) is 53.4 Å². The fourth-order valence-electron chi connectivity index (χ4n) is 1.83. The summed E-state index contributed by atoms with van der Waals surface area (Å²) in [5.41, 5.74) is -0.568. The molecule has 9 nitrogen and oxygen atoms in total. The summed E-state index contributed by atoms with van der Waals surface area (Å²) < 4.78 is 5.10. The molecule has 0 aromatic carbocycles. The molecule has 0 aliphatic rings. The van der Waals surface area contributed by atoms with Crippen LogP contribution in [0.3, 0.4) is 0 Å². The van der Waals surface area contributed by atoms with Gasteiger partial charge < -0.3 is 25.8 Å². The lowest BCUT2D eigenvalue weighted by atomic mass is 10.1. The van der Waals surface area contributed by atoms with E-state index >= 15 is 0 Å². The number of hydrogen-bond donors (Lipinski definition) is 4. The maximum atomic E-state index is 11.9. The van der Waals surface area contributed by atoms with E-state index in [0.717, 1.165) is 0 Å². The Hall–Kier alpha value is -2.32. The Balaban J connectivity index is 4.25. The lowest BCUT2D eigenvalue weighted by Crippen LogP contribution is -2.47. The molecule has 144 valence electrons. The Morgan fingerprint density at radius 3 is 2.24 bits per heavy atom. The first kappa shape index (κ1) is 22.7. The van der Waals surface area contributed by atoms with Crippen molar-refractivity contribution in [1.82, 2.24) is 16.0 Å². The lowest BCUT2D eigenvalue weighted by molar-refractivity contribution is -0.138. The third-order valence-electron chi connectivity index (χ3n) is 2.97. The second-order valence-electron chi connectivity index (χ2n) is 6.51. The van der Waals surface area contributed by atoms with E-state index in [1.807, 2.05) is 0 Å². The number of carbonyl (C=O) groups is 4. The highest BCUT2D eigenvalue weighted by Gasteiger charge is 2.20. The van der Waals surface area contributed by atoms with Gasteiger partial charge in [0.1, 0.15) is 18.2 Å². The van der Waals surface area contributed by atoms with Gasteiger partial charge in [0.2, 0.25) is 11.8 Å². The Morgan fingerprint density at radius 1 is 1.08 bits per heavy atom. The van der Waals surface area contributed by atoms with Gasteiger partial charge in [-0.25, -0.2) is 4.79 Å². The number of aliphatic carboxylic acids is 1. The number of hydrogen-bond acceptors (Lipinski definition) is 5. The molecule has 1 atom stereocenters. The smallest absolute Gasteiger partial charge is 0.407 e. The van der Waals surface area contributed by atoms with Crippen LogP contribution in [0, 0.1) is 0 Å². The fourth-order valence-corrected chi connectivity index (χ4v) is 1.83. The fraction of sp³-hybridized carbons (Fsp3) is 0.750. The third kappa shape index (κ3) is 12.7. The van der Waals surface area contributed by atoms with Gasteiger partial charge in [-0.05, 0) is 40.0 Å². The van der Waals surface area contributed by atoms with E-state index in [4.69, 9.17) is 9.84 Å². The van der Waals surface area contributed by atoms with Gasteiger partial charge in [0.25, 0.3) is 0 Å². The molecule has 4 N–H and O–H groups in total. The van der Waals surface area contributed by atoms with Gasteiger partial charge in [-0.2, -0.15) is 0 Å². The molecule has 0 fully saturated rings. The average molecular weight is 359 g/mol. The molecule has 9 heteroatoms. The third-order valence-corrected chi connectivity index (χ3v) is 2.97. The number of ether oxygens (including phenoxy) is 1. The summed E-state index contributed by atoms with van der Waals surface area (Å²) in [6.07, 6.45) is 1.20. The van der Waals surface area contributed by atoms with E-state index in [9.17, 15) is 19.2 Å². The Bertz CT molecular complexity index is 473. The number of carboxylic acids is 1. The Kier molecular flexibility index (Phi) is 10.2. The first-order valence-corrected chi connectivity index (χ1v) is 8.31. The van der Waals surface area contributed by atoms with Gasteiger partial charge in [-0.15, -0.1) is 0 Å². The van der Waals surface area contributed by atoms with Crippen molar-refractivity contribution in [3.63, 3.8) is 0 Å². The van der Waals surface area contributed by atoms with Crippen molar-refractivity contribution in [2.45, 2.75) is 65.0 Å². The summed E-state index contributed by atoms with van der Waals surface area (Å²) in [6, 6.07) is -0.798. The van der Waals surface area contributed by atoms with Crippen molar-refractivity contribution in [3.05, 3.63) is 0 Å². The zero-order chi connectivity index (χ0) is 19.5. The van der Waals surface area contributed by atoms with Crippen LogP contribution in [-0.4, -0.2) is 53.7 Å². The molecule has 0 aliphatic heterocycles. The number of unbranched alkanes of at least 4 members (excludes halogenated alkanes) is 1. The van der Waals surface area contributed by atoms with Gasteiger partial charge in [0.15, 0.2) is 0 Å². The molecule has 3 amide bonds. The topological polar surface area (TPSA) is 134 Å². The maximum Gasteiger partial charge on any atom is 0.407 e. The van der Waals surface area contributed by atoms with Crippen molar-refractivity contribution in [2.24, 2.45) is 0 Å². The average Bonchev–Trinajstić information content (AvgIpc) is 2.48. The quantitative estimate of drug-likeness (QED) is 0.426. The second-order valence-corrected chi connectivity index (χ2v) is 6.51. The van der Waals surface area contributed by atoms with Gasteiger partial charge in [0.05, 0.1) is 0 Å². The molecule has 0 saturated heterocycles. The van der Waals surface area contributed by atoms with Crippen molar-refractivity contribution in [2.75, 3.05) is 13.1 Å². The maximum absolute atomic E-state index is 11.9. The molecule has 0 aromatic heterocycles. The first-order chi connectivity index (χ1) is 11.5. The predicted molar refractivity (Wildman–Crippen MR) is 91.0 cm³/mol. The van der Waals surface area contributed by atoms with Crippen LogP contribution >= 0.6 is 0 Å². The molecule has 0 heterocycles. The number of rotatable bonds is 10. The highest BCUT2D eigenvalue weighted by molar-refractivity contribution is 5.89. The number of carbonyl (C=O) groups excluding carboxylic acids is 3. The van der Waals surface area contributed by atoms with E-state index in [0.29, 0.717) is 25.8 Å². The molecule has 0 aliphatic carbocycles. The van der Waals surface area contributed by atoms with Crippen LogP contribution in [-0.2, 0) is 19.1 Å². The zero-order valence-electron chi connectivity index (χ0n) is 15.3. The normalized spacial score (nSPS) is 12.0. The summed E-state index contributed by atoms with van der Waals surface area (Å²) in [5.74, 6) is -1.98. The molecule has 25 heavy (non-hydrogen) atoms. The van der Waals surface area contributed by atoms with Crippen LogP contribution in [0.5, 0.6) is 0 Å². The SMILES string of the molecule is CCC(=O)NC(CCCCNC(=O)OC(C)(C)C)C(=O)NCC(=O)O. The Morgan fingerprint density at radius 2 is 1.72 bits per heavy atom. The molecular weight excluding hydrogens is 330 g/mol. The van der Waals surface area contributed by atoms with E-state index in [2.05, 4.69) is 16.0 Å². The predicted octanol–water partition coefficient (Wildman–Crippen LogP) is 0.777. The number of amides is 3. The number of carboxylic acid groups (broad SMARTS) is 1. The van der Waals surface area contributed by atoms with Crippen molar-refractivity contribution >= 4 is 23.9 Å². The lowest BCUT2D eigenvalue weighted by Gasteiger charge is -2.20. The zero-order valence-corrected chi connectivity index (χ0v) is 15.3. The first-order valence-electron chi connectivity index (χ1n) is 8.31. The molecule has 0 rings (SSSR count). The molecule has 0 spiro atoms. The molecule has 0 radical (unpaired) electrons. The number of alkyl carbamates (subject to hydrolysis) is 1. The van der Waals surface area contributed by atoms with Crippen molar-refractivity contribution in [1.29, 1.82) is 0 Å². The summed E-state index contributed by atoms with van der Waals surface area (Å²) in [6.45, 7) is 6.83. The highest BCUT2D eigenvalue weighted by atomic mass is 16.6. The Labute approximate surface area is 147 Å². The summed E-state index contributed by atoms with van der Waals surface area (Å²) in [7, 11) is 0. The van der Waals surface area contributed by atoms with Crippen LogP contribution in [0.2, 0.25) is 0 Å². The highest BCUT2D eigenvalue weighted by Crippen LogP contribution is 2.07. The minimum Gasteiger partial charge on any atom is -0.480 e. The largest absolute Gasteiger partial charge is 0.480 e. The number of nitrogens with one attached hydrogen (secondary N) is 3. The molecule has 0 aromatic rings. The van der Waals surface area contributed by atoms with E-state index < -0.39 is 36.2 Å². The summed E-state index contributed by atoms with van der Waals surface area (Å²) in [4.78, 5) is 45.4. The molecule has 0 saturated carbocycles. The van der Waals surface area contributed by atoms with Gasteiger partial charge in [0, 0.05) is 13.0 Å². The standard InChI is InChI=1S/C16H29N3O6/c1-5-12(20)19-11(14(23)18-10-13(21)22)8-6-7-9-17-15(24)25-16(2,3)4/h11H,5-10H2,1-4H3,(H,17,24)(H,18,23)(H,19,20)(H,21,22). The van der Waals surface area contributed by atoms with Crippen LogP contribution in [0.25, 0.3) is 0 Å². The molecule has 1 unspecified atom stereocenters. The van der Waals surface area contributed by atoms with E-state index in [-0.39, 0.29) is 12.3 Å². The molecule has 0 bridgehead atoms. The van der Waals surface area contributed by atoms with E-state index in [1.165, 1.54) is 0 Å². The monoisotopic (exact) mass is 359 g/mol. The minimum absolute atomic E-state index is 0.225.